The van der Waals surface area contributed by atoms with E-state index >= 15 is 0 Å². The third-order valence-corrected chi connectivity index (χ3v) is 3.37. The lowest BCUT2D eigenvalue weighted by molar-refractivity contribution is -0.116. The Morgan fingerprint density at radius 2 is 1.95 bits per heavy atom. The summed E-state index contributed by atoms with van der Waals surface area (Å²) < 4.78 is 13.6. The fraction of sp³-hybridized carbons (Fsp3) is 0.467. The van der Waals surface area contributed by atoms with Crippen LogP contribution in [0.15, 0.2) is 18.2 Å². The molecule has 0 radical (unpaired) electrons. The highest BCUT2D eigenvalue weighted by Crippen LogP contribution is 2.26. The van der Waals surface area contributed by atoms with Gasteiger partial charge in [-0.3, -0.25) is 9.59 Å². The summed E-state index contributed by atoms with van der Waals surface area (Å²) in [6, 6.07) is 3.62. The molecule has 1 aromatic rings. The fourth-order valence-corrected chi connectivity index (χ4v) is 1.95. The molecule has 0 heterocycles. The molecule has 0 unspecified atom stereocenters. The van der Waals surface area contributed by atoms with Crippen molar-refractivity contribution >= 4 is 17.5 Å². The van der Waals surface area contributed by atoms with Crippen LogP contribution in [0.25, 0.3) is 0 Å². The van der Waals surface area contributed by atoms with E-state index in [-0.39, 0.29) is 29.0 Å². The van der Waals surface area contributed by atoms with Gasteiger partial charge in [-0.1, -0.05) is 13.8 Å². The minimum Gasteiger partial charge on any atom is -0.366 e. The molecular formula is C15H22FN3O2. The summed E-state index contributed by atoms with van der Waals surface area (Å²) in [7, 11) is 0. The van der Waals surface area contributed by atoms with E-state index in [0.717, 1.165) is 12.5 Å². The van der Waals surface area contributed by atoms with E-state index in [9.17, 15) is 14.0 Å². The van der Waals surface area contributed by atoms with E-state index in [4.69, 9.17) is 11.5 Å². The molecule has 5 N–H and O–H groups in total. The summed E-state index contributed by atoms with van der Waals surface area (Å²) in [5, 5.41) is 2.47. The van der Waals surface area contributed by atoms with E-state index < -0.39 is 11.7 Å². The van der Waals surface area contributed by atoms with Gasteiger partial charge in [-0.25, -0.2) is 4.39 Å². The summed E-state index contributed by atoms with van der Waals surface area (Å²) in [5.41, 5.74) is 10.7. The van der Waals surface area contributed by atoms with E-state index in [0.29, 0.717) is 13.0 Å². The van der Waals surface area contributed by atoms with Gasteiger partial charge in [-0.15, -0.1) is 0 Å². The second kappa shape index (κ2) is 7.17. The largest absolute Gasteiger partial charge is 0.366 e. The molecule has 0 atom stereocenters. The molecule has 1 rings (SSSR count). The molecule has 0 aliphatic rings. The summed E-state index contributed by atoms with van der Waals surface area (Å²) in [6.45, 7) is 4.62. The maximum atomic E-state index is 13.6. The summed E-state index contributed by atoms with van der Waals surface area (Å²) in [4.78, 5) is 22.9. The van der Waals surface area contributed by atoms with E-state index in [1.165, 1.54) is 12.1 Å². The molecule has 116 valence electrons. The molecule has 0 aliphatic carbocycles. The lowest BCUT2D eigenvalue weighted by atomic mass is 9.84. The molecule has 0 bridgehead atoms. The van der Waals surface area contributed by atoms with Crippen LogP contribution >= 0.6 is 0 Å². The van der Waals surface area contributed by atoms with Crippen molar-refractivity contribution in [1.29, 1.82) is 0 Å². The van der Waals surface area contributed by atoms with E-state index in [2.05, 4.69) is 5.32 Å². The van der Waals surface area contributed by atoms with Crippen LogP contribution < -0.4 is 16.8 Å². The number of nitrogens with two attached hydrogens (primary N) is 2. The van der Waals surface area contributed by atoms with E-state index in [1.807, 2.05) is 13.8 Å². The zero-order chi connectivity index (χ0) is 16.0. The van der Waals surface area contributed by atoms with Crippen LogP contribution in [0.3, 0.4) is 0 Å². The van der Waals surface area contributed by atoms with Crippen molar-refractivity contribution in [3.8, 4) is 0 Å². The van der Waals surface area contributed by atoms with Gasteiger partial charge in [0.2, 0.25) is 11.8 Å². The third-order valence-electron chi connectivity index (χ3n) is 3.37. The van der Waals surface area contributed by atoms with Crippen molar-refractivity contribution in [1.82, 2.24) is 0 Å². The maximum absolute atomic E-state index is 13.6. The van der Waals surface area contributed by atoms with Crippen molar-refractivity contribution in [3.63, 3.8) is 0 Å². The number of primary amides is 1. The Labute approximate surface area is 123 Å². The number of halogens is 1. The van der Waals surface area contributed by atoms with E-state index in [1.54, 1.807) is 0 Å². The van der Waals surface area contributed by atoms with Gasteiger partial charge < -0.3 is 16.8 Å². The molecule has 2 amide bonds. The number of hydrogen-bond donors (Lipinski definition) is 3. The van der Waals surface area contributed by atoms with Crippen molar-refractivity contribution in [3.05, 3.63) is 29.6 Å². The number of rotatable bonds is 7. The van der Waals surface area contributed by atoms with Crippen LogP contribution in [0.2, 0.25) is 0 Å². The lowest BCUT2D eigenvalue weighted by Crippen LogP contribution is -2.21. The predicted octanol–water partition coefficient (Wildman–Crippen LogP) is 2.02. The summed E-state index contributed by atoms with van der Waals surface area (Å²) >= 11 is 0. The van der Waals surface area contributed by atoms with Crippen molar-refractivity contribution in [2.45, 2.75) is 33.1 Å². The second-order valence-electron chi connectivity index (χ2n) is 5.81. The number of hydrogen-bond acceptors (Lipinski definition) is 3. The Balaban J connectivity index is 2.67. The van der Waals surface area contributed by atoms with Gasteiger partial charge in [-0.2, -0.15) is 0 Å². The second-order valence-corrected chi connectivity index (χ2v) is 5.81. The Bertz CT molecular complexity index is 530. The van der Waals surface area contributed by atoms with Crippen LogP contribution in [0, 0.1) is 11.2 Å². The lowest BCUT2D eigenvalue weighted by Gasteiger charge is -2.23. The van der Waals surface area contributed by atoms with Crippen molar-refractivity contribution in [2.24, 2.45) is 16.9 Å². The molecule has 0 saturated heterocycles. The molecule has 0 saturated carbocycles. The minimum atomic E-state index is -0.672. The summed E-state index contributed by atoms with van der Waals surface area (Å²) in [6.07, 6.45) is 1.71. The fourth-order valence-electron chi connectivity index (χ4n) is 1.95. The number of nitrogens with one attached hydrogen (secondary N) is 1. The quantitative estimate of drug-likeness (QED) is 0.717. The normalized spacial score (nSPS) is 11.2. The van der Waals surface area contributed by atoms with Gasteiger partial charge >= 0.3 is 0 Å². The first-order valence-corrected chi connectivity index (χ1v) is 6.84. The molecule has 1 aromatic carbocycles. The number of carbonyl (C=O) groups excluding carboxylic acids is 2. The Hall–Kier alpha value is -1.95. The Morgan fingerprint density at radius 3 is 2.52 bits per heavy atom. The highest BCUT2D eigenvalue weighted by Gasteiger charge is 2.19. The molecule has 21 heavy (non-hydrogen) atoms. The molecule has 0 fully saturated rings. The average molecular weight is 295 g/mol. The average Bonchev–Trinajstić information content (AvgIpc) is 2.39. The van der Waals surface area contributed by atoms with Crippen molar-refractivity contribution < 1.29 is 14.0 Å². The van der Waals surface area contributed by atoms with Gasteiger partial charge in [0.05, 0.1) is 5.69 Å². The zero-order valence-electron chi connectivity index (χ0n) is 12.4. The smallest absolute Gasteiger partial charge is 0.248 e. The first-order chi connectivity index (χ1) is 9.75. The van der Waals surface area contributed by atoms with Crippen LogP contribution in [0.1, 0.15) is 43.5 Å². The van der Waals surface area contributed by atoms with Gasteiger partial charge in [0.1, 0.15) is 5.82 Å². The Morgan fingerprint density at radius 1 is 1.29 bits per heavy atom. The number of benzene rings is 1. The first kappa shape index (κ1) is 17.1. The van der Waals surface area contributed by atoms with Gasteiger partial charge in [0.25, 0.3) is 0 Å². The maximum Gasteiger partial charge on any atom is 0.248 e. The van der Waals surface area contributed by atoms with Crippen LogP contribution in [-0.4, -0.2) is 18.4 Å². The first-order valence-electron chi connectivity index (χ1n) is 6.84. The Kier molecular flexibility index (Phi) is 5.84. The number of amides is 2. The monoisotopic (exact) mass is 295 g/mol. The van der Waals surface area contributed by atoms with Crippen LogP contribution in [-0.2, 0) is 4.79 Å². The molecular weight excluding hydrogens is 273 g/mol. The van der Waals surface area contributed by atoms with Crippen LogP contribution in [0.4, 0.5) is 10.1 Å². The summed E-state index contributed by atoms with van der Waals surface area (Å²) in [5.74, 6) is -1.58. The van der Waals surface area contributed by atoms with Gasteiger partial charge in [-0.05, 0) is 43.0 Å². The molecule has 0 aliphatic heterocycles. The topological polar surface area (TPSA) is 98.2 Å². The number of carbonyl (C=O) groups is 2. The van der Waals surface area contributed by atoms with Gasteiger partial charge in [0.15, 0.2) is 0 Å². The highest BCUT2D eigenvalue weighted by molar-refractivity contribution is 5.96. The standard InChI is InChI=1S/C15H22FN3O2/c1-15(2,7-8-17)6-5-13(20)19-12-9-10(14(18)21)3-4-11(12)16/h3-4,9H,5-8,17H2,1-2H3,(H2,18,21)(H,19,20). The SMILES string of the molecule is CC(C)(CCN)CCC(=O)Nc1cc(C(N)=O)ccc1F. The van der Waals surface area contributed by atoms with Gasteiger partial charge in [0, 0.05) is 12.0 Å². The predicted molar refractivity (Wildman–Crippen MR) is 80.2 cm³/mol. The molecule has 0 spiro atoms. The minimum absolute atomic E-state index is 0.0343. The molecule has 6 heteroatoms. The number of anilines is 1. The van der Waals surface area contributed by atoms with Crippen molar-refractivity contribution in [2.75, 3.05) is 11.9 Å². The van der Waals surface area contributed by atoms with Crippen LogP contribution in [0.5, 0.6) is 0 Å². The molecule has 5 nitrogen and oxygen atoms in total. The molecule has 0 aromatic heterocycles. The highest BCUT2D eigenvalue weighted by atomic mass is 19.1. The zero-order valence-corrected chi connectivity index (χ0v) is 12.4. The third kappa shape index (κ3) is 5.51.